The van der Waals surface area contributed by atoms with E-state index in [-0.39, 0.29) is 5.84 Å². The summed E-state index contributed by atoms with van der Waals surface area (Å²) < 4.78 is 11.9. The van der Waals surface area contributed by atoms with E-state index < -0.39 is 0 Å². The maximum absolute atomic E-state index is 8.73. The number of nitrogens with two attached hydrogens (primary N) is 1. The molecule has 0 saturated heterocycles. The van der Waals surface area contributed by atoms with E-state index in [4.69, 9.17) is 20.4 Å². The Labute approximate surface area is 128 Å². The Balaban J connectivity index is 2.18. The predicted octanol–water partition coefficient (Wildman–Crippen LogP) is 3.19. The summed E-state index contributed by atoms with van der Waals surface area (Å²) in [5, 5.41) is 13.7. The molecule has 0 aliphatic heterocycles. The van der Waals surface area contributed by atoms with Gasteiger partial charge in [0.25, 0.3) is 0 Å². The zero-order valence-electron chi connectivity index (χ0n) is 10.7. The number of nitrogens with zero attached hydrogens (tertiary/aromatic N) is 1. The number of hydrogen-bond acceptors (Lipinski definition) is 5. The molecule has 0 aliphatic rings. The van der Waals surface area contributed by atoms with Crippen LogP contribution in [0.4, 0.5) is 0 Å². The lowest BCUT2D eigenvalue weighted by molar-refractivity contribution is 0.306. The molecule has 0 radical (unpaired) electrons. The van der Waals surface area contributed by atoms with Crippen LogP contribution in [0.2, 0.25) is 0 Å². The first-order valence-corrected chi connectivity index (χ1v) is 7.32. The van der Waals surface area contributed by atoms with Crippen LogP contribution in [0.15, 0.2) is 39.3 Å². The van der Waals surface area contributed by atoms with E-state index in [1.807, 2.05) is 11.4 Å². The number of thiophene rings is 1. The Morgan fingerprint density at radius 3 is 2.70 bits per heavy atom. The molecule has 106 valence electrons. The van der Waals surface area contributed by atoms with Crippen molar-refractivity contribution in [3.8, 4) is 11.5 Å². The molecule has 0 bridgehead atoms. The molecule has 1 aromatic heterocycles. The number of ether oxygens (including phenoxy) is 2. The molecular weight excluding hydrogens is 344 g/mol. The van der Waals surface area contributed by atoms with Gasteiger partial charge in [-0.25, -0.2) is 0 Å². The molecule has 0 spiro atoms. The fraction of sp³-hybridized carbons (Fsp3) is 0.154. The molecule has 0 atom stereocenters. The molecule has 0 unspecified atom stereocenters. The van der Waals surface area contributed by atoms with Gasteiger partial charge < -0.3 is 20.4 Å². The molecule has 7 heteroatoms. The van der Waals surface area contributed by atoms with Crippen molar-refractivity contribution in [1.82, 2.24) is 0 Å². The highest BCUT2D eigenvalue weighted by molar-refractivity contribution is 9.10. The van der Waals surface area contributed by atoms with Crippen LogP contribution in [0.3, 0.4) is 0 Å². The van der Waals surface area contributed by atoms with E-state index in [1.54, 1.807) is 36.6 Å². The third kappa shape index (κ3) is 3.64. The maximum atomic E-state index is 8.73. The van der Waals surface area contributed by atoms with Crippen molar-refractivity contribution in [3.05, 3.63) is 44.6 Å². The molecule has 0 aliphatic carbocycles. The number of amidine groups is 1. The molecule has 0 amide bonds. The number of rotatable bonds is 5. The summed E-state index contributed by atoms with van der Waals surface area (Å²) in [5.41, 5.74) is 6.12. The third-order valence-corrected chi connectivity index (χ3v) is 4.19. The average Bonchev–Trinajstić information content (AvgIpc) is 2.89. The van der Waals surface area contributed by atoms with Gasteiger partial charge in [0.05, 0.1) is 7.11 Å². The largest absolute Gasteiger partial charge is 0.497 e. The molecule has 2 aromatic rings. The zero-order valence-corrected chi connectivity index (χ0v) is 13.1. The van der Waals surface area contributed by atoms with E-state index >= 15 is 0 Å². The Morgan fingerprint density at radius 1 is 1.35 bits per heavy atom. The van der Waals surface area contributed by atoms with Crippen LogP contribution in [-0.2, 0) is 6.61 Å². The van der Waals surface area contributed by atoms with Gasteiger partial charge in [-0.3, -0.25) is 0 Å². The summed E-state index contributed by atoms with van der Waals surface area (Å²) in [6.45, 7) is 0.443. The summed E-state index contributed by atoms with van der Waals surface area (Å²) in [7, 11) is 1.55. The monoisotopic (exact) mass is 356 g/mol. The van der Waals surface area contributed by atoms with Crippen LogP contribution in [0.25, 0.3) is 0 Å². The Morgan fingerprint density at radius 2 is 2.10 bits per heavy atom. The van der Waals surface area contributed by atoms with Gasteiger partial charge in [-0.1, -0.05) is 5.16 Å². The molecule has 3 N–H and O–H groups in total. The van der Waals surface area contributed by atoms with Crippen molar-refractivity contribution in [2.75, 3.05) is 7.11 Å². The smallest absolute Gasteiger partial charge is 0.170 e. The maximum Gasteiger partial charge on any atom is 0.170 e. The molecule has 0 saturated carbocycles. The SMILES string of the molecule is COc1cc(OCc2cc(Br)cs2)cc(/C(N)=N/O)c1. The number of benzene rings is 1. The highest BCUT2D eigenvalue weighted by Crippen LogP contribution is 2.25. The molecule has 20 heavy (non-hydrogen) atoms. The van der Waals surface area contributed by atoms with Crippen LogP contribution >= 0.6 is 27.3 Å². The minimum atomic E-state index is 0.00705. The lowest BCUT2D eigenvalue weighted by atomic mass is 10.2. The lowest BCUT2D eigenvalue weighted by Crippen LogP contribution is -2.13. The van der Waals surface area contributed by atoms with Crippen LogP contribution in [0.5, 0.6) is 11.5 Å². The Hall–Kier alpha value is -1.73. The third-order valence-electron chi connectivity index (χ3n) is 2.52. The molecule has 1 aromatic carbocycles. The van der Waals surface area contributed by atoms with E-state index in [1.165, 1.54) is 0 Å². The van der Waals surface area contributed by atoms with Gasteiger partial charge >= 0.3 is 0 Å². The van der Waals surface area contributed by atoms with Crippen LogP contribution in [0.1, 0.15) is 10.4 Å². The summed E-state index contributed by atoms with van der Waals surface area (Å²) in [4.78, 5) is 1.09. The van der Waals surface area contributed by atoms with Crippen LogP contribution < -0.4 is 15.2 Å². The minimum absolute atomic E-state index is 0.00705. The normalized spacial score (nSPS) is 11.4. The highest BCUT2D eigenvalue weighted by atomic mass is 79.9. The van der Waals surface area contributed by atoms with Crippen molar-refractivity contribution in [2.24, 2.45) is 10.9 Å². The van der Waals surface area contributed by atoms with Crippen LogP contribution in [-0.4, -0.2) is 18.2 Å². The summed E-state index contributed by atoms with van der Waals surface area (Å²) in [5.74, 6) is 1.18. The second-order valence-corrected chi connectivity index (χ2v) is 5.81. The van der Waals surface area contributed by atoms with Gasteiger partial charge in [0, 0.05) is 26.4 Å². The predicted molar refractivity (Wildman–Crippen MR) is 81.9 cm³/mol. The lowest BCUT2D eigenvalue weighted by Gasteiger charge is -2.09. The topological polar surface area (TPSA) is 77.1 Å². The second-order valence-electron chi connectivity index (χ2n) is 3.90. The molecular formula is C13H13BrN2O3S. The first-order valence-electron chi connectivity index (χ1n) is 5.65. The Kier molecular flexibility index (Phi) is 4.86. The fourth-order valence-electron chi connectivity index (χ4n) is 1.56. The van der Waals surface area contributed by atoms with Crippen LogP contribution in [0, 0.1) is 0 Å². The summed E-state index contributed by atoms with van der Waals surface area (Å²) >= 11 is 5.00. The summed E-state index contributed by atoms with van der Waals surface area (Å²) in [6, 6.07) is 7.11. The van der Waals surface area contributed by atoms with Crippen molar-refractivity contribution >= 4 is 33.1 Å². The quantitative estimate of drug-likeness (QED) is 0.373. The Bertz CT molecular complexity index is 628. The summed E-state index contributed by atoms with van der Waals surface area (Å²) in [6.07, 6.45) is 0. The van der Waals surface area contributed by atoms with Crippen molar-refractivity contribution in [1.29, 1.82) is 0 Å². The van der Waals surface area contributed by atoms with Gasteiger partial charge in [-0.15, -0.1) is 11.3 Å². The van der Waals surface area contributed by atoms with E-state index in [9.17, 15) is 0 Å². The van der Waals surface area contributed by atoms with Crippen molar-refractivity contribution in [3.63, 3.8) is 0 Å². The van der Waals surface area contributed by atoms with Gasteiger partial charge in [0.15, 0.2) is 5.84 Å². The standard InChI is InChI=1S/C13H13BrN2O3S/c1-18-10-2-8(13(15)16-17)3-11(5-10)19-6-12-4-9(14)7-20-12/h2-5,7,17H,6H2,1H3,(H2,15,16). The van der Waals surface area contributed by atoms with Gasteiger partial charge in [0.1, 0.15) is 18.1 Å². The van der Waals surface area contributed by atoms with Gasteiger partial charge in [-0.2, -0.15) is 0 Å². The first-order chi connectivity index (χ1) is 9.62. The second kappa shape index (κ2) is 6.62. The molecule has 2 rings (SSSR count). The fourth-order valence-corrected chi connectivity index (χ4v) is 2.92. The van der Waals surface area contributed by atoms with E-state index in [2.05, 4.69) is 21.1 Å². The number of methoxy groups -OCH3 is 1. The van der Waals surface area contributed by atoms with Gasteiger partial charge in [-0.05, 0) is 34.1 Å². The molecule has 5 nitrogen and oxygen atoms in total. The number of hydrogen-bond donors (Lipinski definition) is 2. The van der Waals surface area contributed by atoms with E-state index in [0.29, 0.717) is 23.7 Å². The molecule has 1 heterocycles. The van der Waals surface area contributed by atoms with Crippen molar-refractivity contribution < 1.29 is 14.7 Å². The first kappa shape index (κ1) is 14.7. The van der Waals surface area contributed by atoms with Crippen molar-refractivity contribution in [2.45, 2.75) is 6.61 Å². The minimum Gasteiger partial charge on any atom is -0.497 e. The average molecular weight is 357 g/mol. The van der Waals surface area contributed by atoms with Gasteiger partial charge in [0.2, 0.25) is 0 Å². The zero-order chi connectivity index (χ0) is 14.5. The molecule has 0 fully saturated rings. The number of oxime groups is 1. The highest BCUT2D eigenvalue weighted by Gasteiger charge is 2.07. The van der Waals surface area contributed by atoms with E-state index in [0.717, 1.165) is 9.35 Å². The number of halogens is 1.